The molecule has 0 fully saturated rings. The zero-order valence-electron chi connectivity index (χ0n) is 19.2. The van der Waals surface area contributed by atoms with Gasteiger partial charge in [-0.1, -0.05) is 15.5 Å². The number of nitrogens with zero attached hydrogens (tertiary/aromatic N) is 4. The van der Waals surface area contributed by atoms with Gasteiger partial charge in [0.1, 0.15) is 5.54 Å². The fraction of sp³-hybridized carbons (Fsp3) is 0.667. The maximum Gasteiger partial charge on any atom is 0.316 e. The lowest BCUT2D eigenvalue weighted by molar-refractivity contribution is -0.539. The average Bonchev–Trinajstić information content (AvgIpc) is 2.69. The van der Waals surface area contributed by atoms with Gasteiger partial charge in [-0.2, -0.15) is 0 Å². The highest BCUT2D eigenvalue weighted by Gasteiger charge is 2.60. The fourth-order valence-electron chi connectivity index (χ4n) is 3.08. The third-order valence-electron chi connectivity index (χ3n) is 5.75. The third-order valence-corrected chi connectivity index (χ3v) is 5.75. The standard InChI is InChI=1S/C21H33N4O4/c1-18(2,3)22(26)15-11-14(12-16(13-15)23(27)19(4,5)6)17-24(28)20(7,8)21(9,10)25(17)29/h11-13H,1-10H3. The Hall–Kier alpha value is -2.03. The van der Waals surface area contributed by atoms with Gasteiger partial charge in [0, 0.05) is 5.21 Å². The molecule has 1 aliphatic rings. The van der Waals surface area contributed by atoms with E-state index in [1.807, 2.05) is 0 Å². The van der Waals surface area contributed by atoms with Crippen LogP contribution in [0.5, 0.6) is 0 Å². The van der Waals surface area contributed by atoms with Crippen LogP contribution >= 0.6 is 0 Å². The Bertz CT molecular complexity index is 781. The summed E-state index contributed by atoms with van der Waals surface area (Å²) >= 11 is 0. The number of benzene rings is 1. The Kier molecular flexibility index (Phi) is 5.41. The van der Waals surface area contributed by atoms with Gasteiger partial charge in [0.25, 0.3) is 0 Å². The minimum Gasteiger partial charge on any atom is -0.714 e. The van der Waals surface area contributed by atoms with Crippen LogP contribution in [0.15, 0.2) is 18.2 Å². The molecule has 0 spiro atoms. The van der Waals surface area contributed by atoms with Crippen molar-refractivity contribution < 1.29 is 20.4 Å². The van der Waals surface area contributed by atoms with E-state index in [9.17, 15) is 20.8 Å². The second kappa shape index (κ2) is 6.75. The van der Waals surface area contributed by atoms with Gasteiger partial charge in [-0.3, -0.25) is 4.74 Å². The van der Waals surface area contributed by atoms with Gasteiger partial charge in [-0.05, 0) is 87.4 Å². The third kappa shape index (κ3) is 3.76. The van der Waals surface area contributed by atoms with Crippen LogP contribution in [0.25, 0.3) is 0 Å². The first-order valence-corrected chi connectivity index (χ1v) is 9.75. The molecular weight excluding hydrogens is 372 g/mol. The van der Waals surface area contributed by atoms with Crippen molar-refractivity contribution in [1.82, 2.24) is 5.06 Å². The summed E-state index contributed by atoms with van der Waals surface area (Å²) in [5, 5.41) is 54.1. The molecule has 2 rings (SSSR count). The Morgan fingerprint density at radius 3 is 1.52 bits per heavy atom. The topological polar surface area (TPSA) is 95.5 Å². The lowest BCUT2D eigenvalue weighted by atomic mass is 9.84. The molecular formula is C21H33N4O4. The first-order valence-electron chi connectivity index (χ1n) is 9.75. The fourth-order valence-corrected chi connectivity index (χ4v) is 3.08. The Morgan fingerprint density at radius 2 is 1.24 bits per heavy atom. The molecule has 0 aliphatic carbocycles. The van der Waals surface area contributed by atoms with Crippen molar-refractivity contribution in [3.8, 4) is 0 Å². The van der Waals surface area contributed by atoms with Crippen LogP contribution in [0.3, 0.4) is 0 Å². The van der Waals surface area contributed by atoms with Crippen molar-refractivity contribution in [2.75, 3.05) is 10.1 Å². The molecule has 8 heteroatoms. The van der Waals surface area contributed by atoms with Gasteiger partial charge in [0.05, 0.1) is 28.0 Å². The molecule has 3 radical (unpaired) electrons. The molecule has 0 saturated heterocycles. The maximum atomic E-state index is 13.1. The van der Waals surface area contributed by atoms with Crippen LogP contribution in [0.4, 0.5) is 11.4 Å². The van der Waals surface area contributed by atoms with Crippen molar-refractivity contribution in [2.45, 2.75) is 91.4 Å². The van der Waals surface area contributed by atoms with Gasteiger partial charge in [0.2, 0.25) is 0 Å². The molecule has 29 heavy (non-hydrogen) atoms. The minimum absolute atomic E-state index is 0.104. The van der Waals surface area contributed by atoms with Crippen molar-refractivity contribution in [2.24, 2.45) is 0 Å². The second-order valence-corrected chi connectivity index (χ2v) is 10.7. The van der Waals surface area contributed by atoms with Crippen molar-refractivity contribution >= 4 is 17.2 Å². The van der Waals surface area contributed by atoms with E-state index in [0.717, 1.165) is 10.1 Å². The number of anilines is 2. The van der Waals surface area contributed by atoms with E-state index in [0.29, 0.717) is 9.80 Å². The lowest BCUT2D eigenvalue weighted by Crippen LogP contribution is -2.53. The van der Waals surface area contributed by atoms with Crippen LogP contribution in [-0.4, -0.2) is 37.8 Å². The molecule has 1 heterocycles. The highest BCUT2D eigenvalue weighted by atomic mass is 16.5. The second-order valence-electron chi connectivity index (χ2n) is 10.7. The van der Waals surface area contributed by atoms with E-state index < -0.39 is 22.2 Å². The molecule has 1 aliphatic heterocycles. The molecule has 161 valence electrons. The predicted octanol–water partition coefficient (Wildman–Crippen LogP) is 4.06. The number of amidine groups is 1. The van der Waals surface area contributed by atoms with Crippen LogP contribution in [0.1, 0.15) is 74.8 Å². The highest BCUT2D eigenvalue weighted by molar-refractivity contribution is 5.98. The summed E-state index contributed by atoms with van der Waals surface area (Å²) in [5.74, 6) is -0.104. The Labute approximate surface area is 173 Å². The summed E-state index contributed by atoms with van der Waals surface area (Å²) in [4.78, 5) is 0. The molecule has 8 nitrogen and oxygen atoms in total. The van der Waals surface area contributed by atoms with E-state index in [-0.39, 0.29) is 22.8 Å². The number of rotatable bonds is 3. The zero-order valence-corrected chi connectivity index (χ0v) is 19.2. The minimum atomic E-state index is -0.997. The van der Waals surface area contributed by atoms with Gasteiger partial charge in [-0.25, -0.2) is 10.1 Å². The van der Waals surface area contributed by atoms with Crippen molar-refractivity contribution in [1.29, 1.82) is 0 Å². The molecule has 0 atom stereocenters. The molecule has 0 amide bonds. The molecule has 0 aromatic heterocycles. The van der Waals surface area contributed by atoms with E-state index in [2.05, 4.69) is 0 Å². The molecule has 1 aromatic rings. The van der Waals surface area contributed by atoms with E-state index in [4.69, 9.17) is 0 Å². The first-order chi connectivity index (χ1) is 12.8. The Morgan fingerprint density at radius 1 is 0.862 bits per heavy atom. The molecule has 0 bridgehead atoms. The summed E-state index contributed by atoms with van der Waals surface area (Å²) in [6, 6.07) is 4.50. The molecule has 0 N–H and O–H groups in total. The summed E-state index contributed by atoms with van der Waals surface area (Å²) in [5.41, 5.74) is -2.85. The van der Waals surface area contributed by atoms with E-state index in [1.54, 1.807) is 69.2 Å². The number of hydrogen-bond donors (Lipinski definition) is 0. The normalized spacial score (nSPS) is 19.0. The highest BCUT2D eigenvalue weighted by Crippen LogP contribution is 2.39. The molecule has 1 aromatic carbocycles. The number of hydroxylamine groups is 5. The van der Waals surface area contributed by atoms with Crippen molar-refractivity contribution in [3.05, 3.63) is 29.0 Å². The monoisotopic (exact) mass is 405 g/mol. The van der Waals surface area contributed by atoms with Crippen molar-refractivity contribution in [3.63, 3.8) is 0 Å². The van der Waals surface area contributed by atoms with Gasteiger partial charge in [0.15, 0.2) is 5.54 Å². The van der Waals surface area contributed by atoms with E-state index >= 15 is 0 Å². The Balaban J connectivity index is 2.77. The van der Waals surface area contributed by atoms with Crippen LogP contribution in [0, 0.1) is 5.21 Å². The molecule has 0 saturated carbocycles. The van der Waals surface area contributed by atoms with Gasteiger partial charge < -0.3 is 5.21 Å². The van der Waals surface area contributed by atoms with E-state index in [1.165, 1.54) is 18.2 Å². The number of hydrogen-bond acceptors (Lipinski definition) is 4. The quantitative estimate of drug-likeness (QED) is 0.430. The van der Waals surface area contributed by atoms with Crippen LogP contribution in [0.2, 0.25) is 0 Å². The zero-order chi connectivity index (χ0) is 22.7. The average molecular weight is 406 g/mol. The first kappa shape index (κ1) is 23.3. The summed E-state index contributed by atoms with van der Waals surface area (Å²) < 4.78 is 0.682. The summed E-state index contributed by atoms with van der Waals surface area (Å²) in [7, 11) is 0. The SMILES string of the molecule is CC(C)(C)N([O])c1cc(C2=[N+]([O-])C(C)(C)C(C)(C)N2[O])cc(N([O])C(C)(C)C)c1. The smallest absolute Gasteiger partial charge is 0.316 e. The largest absolute Gasteiger partial charge is 0.714 e. The predicted molar refractivity (Wildman–Crippen MR) is 111 cm³/mol. The lowest BCUT2D eigenvalue weighted by Gasteiger charge is -2.32. The van der Waals surface area contributed by atoms with Crippen LogP contribution < -0.4 is 10.1 Å². The molecule has 0 unspecified atom stereocenters. The maximum absolute atomic E-state index is 13.1. The summed E-state index contributed by atoms with van der Waals surface area (Å²) in [6.45, 7) is 17.3. The summed E-state index contributed by atoms with van der Waals surface area (Å²) in [6.07, 6.45) is 0. The van der Waals surface area contributed by atoms with Gasteiger partial charge >= 0.3 is 5.84 Å². The van der Waals surface area contributed by atoms with Gasteiger partial charge in [-0.15, -0.1) is 0 Å². The van der Waals surface area contributed by atoms with Crippen LogP contribution in [-0.2, 0) is 15.6 Å².